The van der Waals surface area contributed by atoms with E-state index >= 15 is 0 Å². The van der Waals surface area contributed by atoms with E-state index in [1.165, 1.54) is 0 Å². The van der Waals surface area contributed by atoms with Gasteiger partial charge in [0.25, 0.3) is 0 Å². The quantitative estimate of drug-likeness (QED) is 0.552. The maximum Gasteiger partial charge on any atom is 0.0399 e. The van der Waals surface area contributed by atoms with E-state index in [9.17, 15) is 0 Å². The molecule has 62 valence electrons. The second-order valence-corrected chi connectivity index (χ2v) is 3.92. The lowest BCUT2D eigenvalue weighted by atomic mass is 9.96. The van der Waals surface area contributed by atoms with Crippen LogP contribution in [0.4, 0.5) is 0 Å². The molecule has 0 fully saturated rings. The van der Waals surface area contributed by atoms with E-state index < -0.39 is 0 Å². The molecule has 0 saturated carbocycles. The summed E-state index contributed by atoms with van der Waals surface area (Å²) in [6.45, 7) is 9.96. The van der Waals surface area contributed by atoms with Crippen molar-refractivity contribution < 1.29 is 0 Å². The van der Waals surface area contributed by atoms with Crippen molar-refractivity contribution in [1.29, 1.82) is 0 Å². The monoisotopic (exact) mass is 170 g/mol. The van der Waals surface area contributed by atoms with E-state index in [1.807, 2.05) is 12.2 Å². The SMILES string of the molecule is C=C/C(Cl)=C\C=C\C(C)(C)C. The Balaban J connectivity index is 4.06. The molecule has 0 aromatic rings. The van der Waals surface area contributed by atoms with Crippen molar-refractivity contribution in [2.24, 2.45) is 5.41 Å². The highest BCUT2D eigenvalue weighted by atomic mass is 35.5. The van der Waals surface area contributed by atoms with Gasteiger partial charge < -0.3 is 0 Å². The van der Waals surface area contributed by atoms with Crippen molar-refractivity contribution in [2.45, 2.75) is 20.8 Å². The predicted molar refractivity (Wildman–Crippen MR) is 52.7 cm³/mol. The molecule has 0 aromatic carbocycles. The van der Waals surface area contributed by atoms with Gasteiger partial charge in [-0.2, -0.15) is 0 Å². The van der Waals surface area contributed by atoms with Gasteiger partial charge in [-0.3, -0.25) is 0 Å². The Morgan fingerprint density at radius 3 is 2.27 bits per heavy atom. The maximum absolute atomic E-state index is 5.69. The normalized spacial score (nSPS) is 14.0. The highest BCUT2D eigenvalue weighted by Gasteiger charge is 2.01. The van der Waals surface area contributed by atoms with Crippen LogP contribution in [0.15, 0.2) is 35.9 Å². The molecule has 0 amide bonds. The zero-order valence-corrected chi connectivity index (χ0v) is 8.15. The van der Waals surface area contributed by atoms with Gasteiger partial charge >= 0.3 is 0 Å². The third kappa shape index (κ3) is 7.41. The fraction of sp³-hybridized carbons (Fsp3) is 0.400. The van der Waals surface area contributed by atoms with Gasteiger partial charge in [0.15, 0.2) is 0 Å². The lowest BCUT2D eigenvalue weighted by Crippen LogP contribution is -1.97. The standard InChI is InChI=1S/C10H15Cl/c1-5-9(11)7-6-8-10(2,3)4/h5-8H,1H2,2-4H3/b8-6+,9-7+. The van der Waals surface area contributed by atoms with Crippen LogP contribution in [0.3, 0.4) is 0 Å². The van der Waals surface area contributed by atoms with Gasteiger partial charge in [0.1, 0.15) is 0 Å². The molecule has 0 aliphatic rings. The first-order chi connectivity index (χ1) is 4.95. The predicted octanol–water partition coefficient (Wildman–Crippen LogP) is 3.90. The van der Waals surface area contributed by atoms with Crippen molar-refractivity contribution in [3.05, 3.63) is 35.9 Å². The molecule has 0 aliphatic heterocycles. The first kappa shape index (κ1) is 10.5. The first-order valence-corrected chi connectivity index (χ1v) is 4.01. The average molecular weight is 171 g/mol. The van der Waals surface area contributed by atoms with E-state index in [1.54, 1.807) is 6.08 Å². The maximum atomic E-state index is 5.69. The summed E-state index contributed by atoms with van der Waals surface area (Å²) in [5.74, 6) is 0. The molecule has 0 N–H and O–H groups in total. The van der Waals surface area contributed by atoms with E-state index in [0.29, 0.717) is 5.03 Å². The first-order valence-electron chi connectivity index (χ1n) is 3.63. The minimum absolute atomic E-state index is 0.217. The molecule has 0 unspecified atom stereocenters. The molecule has 0 aromatic heterocycles. The van der Waals surface area contributed by atoms with Crippen molar-refractivity contribution >= 4 is 11.6 Å². The van der Waals surface area contributed by atoms with Crippen LogP contribution in [0.25, 0.3) is 0 Å². The Morgan fingerprint density at radius 2 is 1.91 bits per heavy atom. The molecular weight excluding hydrogens is 156 g/mol. The molecule has 0 radical (unpaired) electrons. The molecule has 0 saturated heterocycles. The van der Waals surface area contributed by atoms with Crippen molar-refractivity contribution in [1.82, 2.24) is 0 Å². The van der Waals surface area contributed by atoms with Crippen LogP contribution >= 0.6 is 11.6 Å². The molecule has 1 heteroatoms. The Morgan fingerprint density at radius 1 is 1.36 bits per heavy atom. The number of allylic oxidation sites excluding steroid dienone is 5. The lowest BCUT2D eigenvalue weighted by Gasteiger charge is -2.09. The second-order valence-electron chi connectivity index (χ2n) is 3.48. The Hall–Kier alpha value is -0.490. The fourth-order valence-corrected chi connectivity index (χ4v) is 0.569. The number of halogens is 1. The zero-order valence-electron chi connectivity index (χ0n) is 7.39. The number of hydrogen-bond acceptors (Lipinski definition) is 0. The summed E-state index contributed by atoms with van der Waals surface area (Å²) >= 11 is 5.69. The van der Waals surface area contributed by atoms with Crippen LogP contribution in [0.2, 0.25) is 0 Å². The van der Waals surface area contributed by atoms with E-state index in [4.69, 9.17) is 11.6 Å². The second kappa shape index (κ2) is 4.40. The van der Waals surface area contributed by atoms with Gasteiger partial charge in [-0.1, -0.05) is 57.2 Å². The summed E-state index contributed by atoms with van der Waals surface area (Å²) in [6, 6.07) is 0. The van der Waals surface area contributed by atoms with Crippen molar-refractivity contribution in [3.8, 4) is 0 Å². The molecular formula is C10H15Cl. The van der Waals surface area contributed by atoms with Crippen molar-refractivity contribution in [2.75, 3.05) is 0 Å². The largest absolute Gasteiger partial charge is 0.0976 e. The van der Waals surface area contributed by atoms with Crippen LogP contribution in [0.5, 0.6) is 0 Å². The van der Waals surface area contributed by atoms with Gasteiger partial charge in [0, 0.05) is 5.03 Å². The molecule has 0 nitrogen and oxygen atoms in total. The lowest BCUT2D eigenvalue weighted by molar-refractivity contribution is 0.544. The summed E-state index contributed by atoms with van der Waals surface area (Å²) in [6.07, 6.45) is 7.50. The fourth-order valence-electron chi connectivity index (χ4n) is 0.497. The number of rotatable bonds is 2. The summed E-state index contributed by atoms with van der Waals surface area (Å²) in [5.41, 5.74) is 0.217. The van der Waals surface area contributed by atoms with E-state index in [-0.39, 0.29) is 5.41 Å². The molecule has 0 bridgehead atoms. The van der Waals surface area contributed by atoms with Crippen molar-refractivity contribution in [3.63, 3.8) is 0 Å². The molecule has 0 atom stereocenters. The number of hydrogen-bond donors (Lipinski definition) is 0. The summed E-state index contributed by atoms with van der Waals surface area (Å²) in [4.78, 5) is 0. The highest BCUT2D eigenvalue weighted by molar-refractivity contribution is 6.31. The molecule has 0 rings (SSSR count). The van der Waals surface area contributed by atoms with Gasteiger partial charge in [-0.15, -0.1) is 0 Å². The van der Waals surface area contributed by atoms with Gasteiger partial charge in [-0.05, 0) is 11.5 Å². The Kier molecular flexibility index (Phi) is 4.20. The smallest absolute Gasteiger partial charge is 0.0399 e. The van der Waals surface area contributed by atoms with E-state index in [0.717, 1.165) is 0 Å². The van der Waals surface area contributed by atoms with Crippen LogP contribution < -0.4 is 0 Å². The Labute approximate surface area is 74.3 Å². The Bertz CT molecular complexity index is 180. The molecule has 0 spiro atoms. The summed E-state index contributed by atoms with van der Waals surface area (Å²) in [5, 5.41) is 0.672. The van der Waals surface area contributed by atoms with Gasteiger partial charge in [0.05, 0.1) is 0 Å². The minimum Gasteiger partial charge on any atom is -0.0976 e. The third-order valence-corrected chi connectivity index (χ3v) is 1.33. The average Bonchev–Trinajstić information content (AvgIpc) is 1.85. The molecule has 0 heterocycles. The molecule has 0 aliphatic carbocycles. The zero-order chi connectivity index (χ0) is 8.91. The topological polar surface area (TPSA) is 0 Å². The van der Waals surface area contributed by atoms with Crippen LogP contribution in [-0.2, 0) is 0 Å². The minimum atomic E-state index is 0.217. The van der Waals surface area contributed by atoms with Gasteiger partial charge in [-0.25, -0.2) is 0 Å². The van der Waals surface area contributed by atoms with E-state index in [2.05, 4.69) is 33.4 Å². The van der Waals surface area contributed by atoms with Crippen LogP contribution in [-0.4, -0.2) is 0 Å². The highest BCUT2D eigenvalue weighted by Crippen LogP contribution is 2.14. The third-order valence-electron chi connectivity index (χ3n) is 1.05. The molecule has 11 heavy (non-hydrogen) atoms. The van der Waals surface area contributed by atoms with Crippen LogP contribution in [0, 0.1) is 5.41 Å². The van der Waals surface area contributed by atoms with Gasteiger partial charge in [0.2, 0.25) is 0 Å². The summed E-state index contributed by atoms with van der Waals surface area (Å²) in [7, 11) is 0. The summed E-state index contributed by atoms with van der Waals surface area (Å²) < 4.78 is 0. The van der Waals surface area contributed by atoms with Crippen LogP contribution in [0.1, 0.15) is 20.8 Å².